The van der Waals surface area contributed by atoms with E-state index in [1.54, 1.807) is 0 Å². The second-order valence-corrected chi connectivity index (χ2v) is 3.45. The molecule has 0 heterocycles. The predicted octanol–water partition coefficient (Wildman–Crippen LogP) is 3.02. The maximum absolute atomic E-state index is 3.67. The van der Waals surface area contributed by atoms with Gasteiger partial charge in [0.2, 0.25) is 0 Å². The quantitative estimate of drug-likeness (QED) is 0.586. The topological polar surface area (TPSA) is 3.24 Å². The van der Waals surface area contributed by atoms with Crippen molar-refractivity contribution in [1.82, 2.24) is 4.90 Å². The third-order valence-corrected chi connectivity index (χ3v) is 2.06. The van der Waals surface area contributed by atoms with E-state index in [0.717, 1.165) is 13.1 Å². The number of nitrogens with zero attached hydrogens (tertiary/aromatic N) is 1. The molecule has 0 aromatic carbocycles. The van der Waals surface area contributed by atoms with E-state index in [2.05, 4.69) is 45.4 Å². The standard InChI is InChI=1S/C12H21N/c1-6-8-9-12(11(3)4)10-13(5)7-2/h6,8-9H,1,7,10H2,2-5H3/b9-8-. The van der Waals surface area contributed by atoms with E-state index in [0.29, 0.717) is 0 Å². The number of likely N-dealkylation sites (N-methyl/N-ethyl adjacent to an activating group) is 1. The smallest absolute Gasteiger partial charge is 0.0229 e. The maximum Gasteiger partial charge on any atom is 0.0229 e. The number of allylic oxidation sites excluding steroid dienone is 3. The Balaban J connectivity index is 4.37. The van der Waals surface area contributed by atoms with Gasteiger partial charge in [-0.3, -0.25) is 0 Å². The number of hydrogen-bond donors (Lipinski definition) is 0. The van der Waals surface area contributed by atoms with Gasteiger partial charge in [0.15, 0.2) is 0 Å². The summed E-state index contributed by atoms with van der Waals surface area (Å²) in [5.41, 5.74) is 2.75. The Hall–Kier alpha value is -0.820. The fourth-order valence-electron chi connectivity index (χ4n) is 0.964. The van der Waals surface area contributed by atoms with Crippen LogP contribution in [0.5, 0.6) is 0 Å². The first-order valence-electron chi connectivity index (χ1n) is 4.75. The average Bonchev–Trinajstić information content (AvgIpc) is 2.11. The molecule has 1 heteroatoms. The van der Waals surface area contributed by atoms with Crippen molar-refractivity contribution in [2.24, 2.45) is 0 Å². The van der Waals surface area contributed by atoms with Crippen molar-refractivity contribution in [3.8, 4) is 0 Å². The van der Waals surface area contributed by atoms with Gasteiger partial charge in [-0.15, -0.1) is 0 Å². The molecule has 0 amide bonds. The molecule has 0 aliphatic carbocycles. The molecule has 13 heavy (non-hydrogen) atoms. The van der Waals surface area contributed by atoms with Crippen LogP contribution in [0.3, 0.4) is 0 Å². The van der Waals surface area contributed by atoms with Gasteiger partial charge in [0.05, 0.1) is 0 Å². The largest absolute Gasteiger partial charge is 0.302 e. The summed E-state index contributed by atoms with van der Waals surface area (Å²) in [5.74, 6) is 0. The second kappa shape index (κ2) is 6.67. The molecule has 0 aliphatic rings. The lowest BCUT2D eigenvalue weighted by molar-refractivity contribution is 0.385. The zero-order valence-corrected chi connectivity index (χ0v) is 9.30. The number of rotatable bonds is 5. The lowest BCUT2D eigenvalue weighted by atomic mass is 10.1. The molecule has 0 N–H and O–H groups in total. The summed E-state index contributed by atoms with van der Waals surface area (Å²) >= 11 is 0. The first-order chi connectivity index (χ1) is 6.11. The van der Waals surface area contributed by atoms with E-state index >= 15 is 0 Å². The molecule has 0 bridgehead atoms. The molecular formula is C12H21N. The highest BCUT2D eigenvalue weighted by molar-refractivity contribution is 5.26. The van der Waals surface area contributed by atoms with Crippen LogP contribution in [0.4, 0.5) is 0 Å². The molecule has 0 spiro atoms. The van der Waals surface area contributed by atoms with E-state index < -0.39 is 0 Å². The maximum atomic E-state index is 3.67. The van der Waals surface area contributed by atoms with Crippen LogP contribution in [0.25, 0.3) is 0 Å². The summed E-state index contributed by atoms with van der Waals surface area (Å²) in [5, 5.41) is 0. The van der Waals surface area contributed by atoms with Gasteiger partial charge < -0.3 is 4.90 Å². The molecule has 0 aliphatic heterocycles. The molecule has 1 nitrogen and oxygen atoms in total. The molecule has 0 radical (unpaired) electrons. The van der Waals surface area contributed by atoms with Gasteiger partial charge in [-0.1, -0.05) is 37.3 Å². The summed E-state index contributed by atoms with van der Waals surface area (Å²) in [7, 11) is 2.13. The molecule has 0 saturated carbocycles. The van der Waals surface area contributed by atoms with Crippen molar-refractivity contribution in [3.05, 3.63) is 36.0 Å². The van der Waals surface area contributed by atoms with Gasteiger partial charge in [0, 0.05) is 6.54 Å². The normalized spacial score (nSPS) is 10.8. The lowest BCUT2D eigenvalue weighted by Crippen LogP contribution is -2.20. The minimum atomic E-state index is 1.02. The Labute approximate surface area is 82.4 Å². The van der Waals surface area contributed by atoms with Crippen LogP contribution < -0.4 is 0 Å². The van der Waals surface area contributed by atoms with Gasteiger partial charge in [-0.2, -0.15) is 0 Å². The van der Waals surface area contributed by atoms with Crippen LogP contribution in [0.2, 0.25) is 0 Å². The highest BCUT2D eigenvalue weighted by Gasteiger charge is 1.98. The third-order valence-electron chi connectivity index (χ3n) is 2.06. The monoisotopic (exact) mass is 179 g/mol. The Bertz CT molecular complexity index is 207. The highest BCUT2D eigenvalue weighted by Crippen LogP contribution is 2.06. The van der Waals surface area contributed by atoms with Crippen LogP contribution in [0, 0.1) is 0 Å². The van der Waals surface area contributed by atoms with E-state index in [1.807, 2.05) is 12.2 Å². The van der Waals surface area contributed by atoms with Crippen LogP contribution in [-0.2, 0) is 0 Å². The molecular weight excluding hydrogens is 158 g/mol. The fraction of sp³-hybridized carbons (Fsp3) is 0.500. The lowest BCUT2D eigenvalue weighted by Gasteiger charge is -2.15. The van der Waals surface area contributed by atoms with E-state index in [9.17, 15) is 0 Å². The SMILES string of the molecule is C=C/C=C\C(CN(C)CC)=C(C)C. The Morgan fingerprint density at radius 3 is 2.38 bits per heavy atom. The highest BCUT2D eigenvalue weighted by atomic mass is 15.1. The predicted molar refractivity (Wildman–Crippen MR) is 60.9 cm³/mol. The van der Waals surface area contributed by atoms with Crippen molar-refractivity contribution in [2.45, 2.75) is 20.8 Å². The van der Waals surface area contributed by atoms with E-state index in [4.69, 9.17) is 0 Å². The van der Waals surface area contributed by atoms with Crippen LogP contribution in [0.1, 0.15) is 20.8 Å². The van der Waals surface area contributed by atoms with Gasteiger partial charge in [0.1, 0.15) is 0 Å². The summed E-state index contributed by atoms with van der Waals surface area (Å²) in [6.45, 7) is 12.2. The van der Waals surface area contributed by atoms with Gasteiger partial charge in [0.25, 0.3) is 0 Å². The summed E-state index contributed by atoms with van der Waals surface area (Å²) in [4.78, 5) is 2.29. The van der Waals surface area contributed by atoms with Crippen molar-refractivity contribution >= 4 is 0 Å². The molecule has 0 saturated heterocycles. The molecule has 0 aromatic heterocycles. The molecule has 0 unspecified atom stereocenters. The molecule has 0 fully saturated rings. The van der Waals surface area contributed by atoms with Gasteiger partial charge in [-0.25, -0.2) is 0 Å². The summed E-state index contributed by atoms with van der Waals surface area (Å²) < 4.78 is 0. The molecule has 0 rings (SSSR count). The zero-order chi connectivity index (χ0) is 10.3. The Morgan fingerprint density at radius 2 is 2.00 bits per heavy atom. The van der Waals surface area contributed by atoms with E-state index in [-0.39, 0.29) is 0 Å². The van der Waals surface area contributed by atoms with Crippen molar-refractivity contribution in [3.63, 3.8) is 0 Å². The number of hydrogen-bond acceptors (Lipinski definition) is 1. The van der Waals surface area contributed by atoms with Crippen molar-refractivity contribution < 1.29 is 0 Å². The average molecular weight is 179 g/mol. The minimum Gasteiger partial charge on any atom is -0.302 e. The van der Waals surface area contributed by atoms with Crippen molar-refractivity contribution in [1.29, 1.82) is 0 Å². The third kappa shape index (κ3) is 5.42. The van der Waals surface area contributed by atoms with Gasteiger partial charge >= 0.3 is 0 Å². The molecule has 0 aromatic rings. The van der Waals surface area contributed by atoms with Crippen molar-refractivity contribution in [2.75, 3.05) is 20.1 Å². The van der Waals surface area contributed by atoms with Crippen LogP contribution >= 0.6 is 0 Å². The summed E-state index contributed by atoms with van der Waals surface area (Å²) in [6.07, 6.45) is 5.94. The first kappa shape index (κ1) is 12.2. The fourth-order valence-corrected chi connectivity index (χ4v) is 0.964. The second-order valence-electron chi connectivity index (χ2n) is 3.45. The molecule has 74 valence electrons. The van der Waals surface area contributed by atoms with Gasteiger partial charge in [-0.05, 0) is 33.0 Å². The molecule has 0 atom stereocenters. The van der Waals surface area contributed by atoms with E-state index in [1.165, 1.54) is 11.1 Å². The Morgan fingerprint density at radius 1 is 1.38 bits per heavy atom. The first-order valence-corrected chi connectivity index (χ1v) is 4.75. The Kier molecular flexibility index (Phi) is 6.25. The summed E-state index contributed by atoms with van der Waals surface area (Å²) in [6, 6.07) is 0. The van der Waals surface area contributed by atoms with Crippen LogP contribution in [-0.4, -0.2) is 25.0 Å². The minimum absolute atomic E-state index is 1.02. The van der Waals surface area contributed by atoms with Crippen LogP contribution in [0.15, 0.2) is 36.0 Å². The zero-order valence-electron chi connectivity index (χ0n) is 9.30.